The molecule has 0 fully saturated rings. The van der Waals surface area contributed by atoms with E-state index in [1.807, 2.05) is 42.6 Å². The number of aryl methyl sites for hydroxylation is 1. The molecule has 2 aliphatic heterocycles. The molecule has 2 aliphatic rings. The van der Waals surface area contributed by atoms with Crippen molar-refractivity contribution in [1.29, 1.82) is 0 Å². The van der Waals surface area contributed by atoms with Gasteiger partial charge in [-0.2, -0.15) is 0 Å². The van der Waals surface area contributed by atoms with Crippen LogP contribution in [0.25, 0.3) is 33.0 Å². The van der Waals surface area contributed by atoms with Gasteiger partial charge in [0.25, 0.3) is 11.8 Å². The number of aromatic nitrogens is 2. The highest BCUT2D eigenvalue weighted by Crippen LogP contribution is 2.44. The predicted molar refractivity (Wildman–Crippen MR) is 129 cm³/mol. The van der Waals surface area contributed by atoms with Gasteiger partial charge in [0, 0.05) is 46.4 Å². The number of benzene rings is 2. The minimum absolute atomic E-state index is 0.161. The molecule has 34 heavy (non-hydrogen) atoms. The van der Waals surface area contributed by atoms with Crippen LogP contribution in [0.4, 0.5) is 0 Å². The number of amides is 2. The smallest absolute Gasteiger partial charge is 0.259 e. The van der Waals surface area contributed by atoms with Gasteiger partial charge in [-0.3, -0.25) is 14.9 Å². The fraction of sp³-hybridized carbons (Fsp3) is 0.231. The van der Waals surface area contributed by atoms with E-state index in [2.05, 4.69) is 27.1 Å². The Hall–Kier alpha value is -4.04. The standard InChI is InChI=1S/C26H24N4O4/c1-2-27-10-5-11-30-13-18(16-8-9-20-24(23(16)30)34-14-33-20)22-21(25(31)29-26(22)32)17-12-28-19-7-4-3-6-15(17)19/h3-4,6-9,12-13,27-28H,2,5,10-11,14H2,1H3,(H,29,31,32). The summed E-state index contributed by atoms with van der Waals surface area (Å²) in [5.41, 5.74) is 3.96. The SMILES string of the molecule is CCNCCCn1cc(C2=C(c3c[nH]c4ccccc34)C(=O)NC2=O)c2ccc3c(c21)OCO3. The lowest BCUT2D eigenvalue weighted by Gasteiger charge is -2.07. The van der Waals surface area contributed by atoms with Crippen LogP contribution in [-0.2, 0) is 16.1 Å². The van der Waals surface area contributed by atoms with Crippen molar-refractivity contribution in [3.63, 3.8) is 0 Å². The van der Waals surface area contributed by atoms with Gasteiger partial charge in [0.1, 0.15) is 0 Å². The maximum atomic E-state index is 13.1. The monoisotopic (exact) mass is 456 g/mol. The van der Waals surface area contributed by atoms with E-state index in [1.54, 1.807) is 6.20 Å². The van der Waals surface area contributed by atoms with Gasteiger partial charge < -0.3 is 24.3 Å². The number of fused-ring (bicyclic) bond motifs is 4. The van der Waals surface area contributed by atoms with Crippen LogP contribution in [0.15, 0.2) is 48.8 Å². The first-order valence-corrected chi connectivity index (χ1v) is 11.5. The van der Waals surface area contributed by atoms with E-state index >= 15 is 0 Å². The third-order valence-corrected chi connectivity index (χ3v) is 6.44. The Morgan fingerprint density at radius 2 is 1.82 bits per heavy atom. The molecular formula is C26H24N4O4. The Balaban J connectivity index is 1.57. The molecule has 0 aliphatic carbocycles. The molecule has 8 heteroatoms. The van der Waals surface area contributed by atoms with Crippen LogP contribution in [0, 0.1) is 0 Å². The summed E-state index contributed by atoms with van der Waals surface area (Å²) in [6.07, 6.45) is 4.66. The van der Waals surface area contributed by atoms with Crippen molar-refractivity contribution in [1.82, 2.24) is 20.2 Å². The molecule has 0 bridgehead atoms. The summed E-state index contributed by atoms with van der Waals surface area (Å²) >= 11 is 0. The second-order valence-corrected chi connectivity index (χ2v) is 8.42. The predicted octanol–water partition coefficient (Wildman–Crippen LogP) is 3.42. The van der Waals surface area contributed by atoms with Gasteiger partial charge in [0.15, 0.2) is 11.5 Å². The molecule has 6 rings (SSSR count). The molecule has 0 spiro atoms. The van der Waals surface area contributed by atoms with Gasteiger partial charge in [-0.1, -0.05) is 25.1 Å². The van der Waals surface area contributed by atoms with Gasteiger partial charge in [0.05, 0.1) is 16.7 Å². The second kappa shape index (κ2) is 8.07. The number of H-pyrrole nitrogens is 1. The van der Waals surface area contributed by atoms with E-state index in [1.165, 1.54) is 0 Å². The lowest BCUT2D eigenvalue weighted by atomic mass is 9.95. The molecule has 3 N–H and O–H groups in total. The lowest BCUT2D eigenvalue weighted by molar-refractivity contribution is -0.122. The van der Waals surface area contributed by atoms with Crippen LogP contribution < -0.4 is 20.1 Å². The van der Waals surface area contributed by atoms with Gasteiger partial charge in [0.2, 0.25) is 6.79 Å². The van der Waals surface area contributed by atoms with Crippen molar-refractivity contribution in [2.24, 2.45) is 0 Å². The zero-order valence-corrected chi connectivity index (χ0v) is 18.7. The van der Waals surface area contributed by atoms with Gasteiger partial charge >= 0.3 is 0 Å². The number of para-hydroxylation sites is 1. The van der Waals surface area contributed by atoms with Crippen molar-refractivity contribution in [3.05, 3.63) is 59.9 Å². The topological polar surface area (TPSA) is 97.4 Å². The number of carbonyl (C=O) groups excluding carboxylic acids is 2. The fourth-order valence-electron chi connectivity index (χ4n) is 4.92. The minimum atomic E-state index is -0.394. The van der Waals surface area contributed by atoms with Gasteiger partial charge in [-0.25, -0.2) is 0 Å². The number of ether oxygens (including phenoxy) is 2. The number of hydrogen-bond donors (Lipinski definition) is 3. The molecule has 4 heterocycles. The van der Waals surface area contributed by atoms with Crippen molar-refractivity contribution in [3.8, 4) is 11.5 Å². The number of aromatic amines is 1. The maximum Gasteiger partial charge on any atom is 0.259 e. The van der Waals surface area contributed by atoms with Crippen molar-refractivity contribution >= 4 is 44.8 Å². The number of hydrogen-bond acceptors (Lipinski definition) is 5. The molecule has 0 atom stereocenters. The fourth-order valence-corrected chi connectivity index (χ4v) is 4.92. The first-order chi connectivity index (χ1) is 16.7. The van der Waals surface area contributed by atoms with Crippen molar-refractivity contribution < 1.29 is 19.1 Å². The van der Waals surface area contributed by atoms with Crippen LogP contribution in [0.3, 0.4) is 0 Å². The summed E-state index contributed by atoms with van der Waals surface area (Å²) in [6, 6.07) is 11.5. The number of rotatable bonds is 7. The Morgan fingerprint density at radius 3 is 2.68 bits per heavy atom. The Morgan fingerprint density at radius 1 is 1.00 bits per heavy atom. The van der Waals surface area contributed by atoms with Crippen LogP contribution in [0.5, 0.6) is 11.5 Å². The summed E-state index contributed by atoms with van der Waals surface area (Å²) in [4.78, 5) is 29.4. The largest absolute Gasteiger partial charge is 0.454 e. The van der Waals surface area contributed by atoms with Gasteiger partial charge in [-0.15, -0.1) is 0 Å². The molecule has 0 radical (unpaired) electrons. The highest BCUT2D eigenvalue weighted by molar-refractivity contribution is 6.50. The van der Waals surface area contributed by atoms with Gasteiger partial charge in [-0.05, 0) is 37.7 Å². The summed E-state index contributed by atoms with van der Waals surface area (Å²) in [5, 5.41) is 7.61. The number of nitrogens with zero attached hydrogens (tertiary/aromatic N) is 1. The third kappa shape index (κ3) is 3.10. The molecule has 4 aromatic rings. The van der Waals surface area contributed by atoms with Crippen LogP contribution in [0.1, 0.15) is 24.5 Å². The van der Waals surface area contributed by atoms with Crippen molar-refractivity contribution in [2.75, 3.05) is 19.9 Å². The number of nitrogens with one attached hydrogen (secondary N) is 3. The van der Waals surface area contributed by atoms with Crippen molar-refractivity contribution in [2.45, 2.75) is 19.9 Å². The zero-order chi connectivity index (χ0) is 23.2. The molecule has 2 amide bonds. The van der Waals surface area contributed by atoms with E-state index in [4.69, 9.17) is 9.47 Å². The molecule has 172 valence electrons. The first-order valence-electron chi connectivity index (χ1n) is 11.5. The third-order valence-electron chi connectivity index (χ3n) is 6.44. The summed E-state index contributed by atoms with van der Waals surface area (Å²) in [5.74, 6) is 0.572. The molecule has 8 nitrogen and oxygen atoms in total. The van der Waals surface area contributed by atoms with E-state index in [-0.39, 0.29) is 6.79 Å². The molecular weight excluding hydrogens is 432 g/mol. The lowest BCUT2D eigenvalue weighted by Crippen LogP contribution is -2.22. The molecule has 2 aromatic carbocycles. The zero-order valence-electron chi connectivity index (χ0n) is 18.7. The highest BCUT2D eigenvalue weighted by atomic mass is 16.7. The average Bonchev–Trinajstić information content (AvgIpc) is 3.60. The normalized spacial score (nSPS) is 15.2. The van der Waals surface area contributed by atoms with Crippen LogP contribution in [-0.4, -0.2) is 41.2 Å². The number of imide groups is 1. The number of carbonyl (C=O) groups is 2. The van der Waals surface area contributed by atoms with E-state index < -0.39 is 11.8 Å². The van der Waals surface area contributed by atoms with E-state index in [0.717, 1.165) is 47.9 Å². The molecule has 2 aromatic heterocycles. The van der Waals surface area contributed by atoms with E-state index in [9.17, 15) is 9.59 Å². The highest BCUT2D eigenvalue weighted by Gasteiger charge is 2.36. The first kappa shape index (κ1) is 20.6. The molecule has 0 saturated carbocycles. The second-order valence-electron chi connectivity index (χ2n) is 8.42. The summed E-state index contributed by atoms with van der Waals surface area (Å²) < 4.78 is 13.5. The Bertz CT molecular complexity index is 1490. The summed E-state index contributed by atoms with van der Waals surface area (Å²) in [6.45, 7) is 4.76. The molecule has 0 saturated heterocycles. The summed E-state index contributed by atoms with van der Waals surface area (Å²) in [7, 11) is 0. The van der Waals surface area contributed by atoms with E-state index in [0.29, 0.717) is 33.8 Å². The minimum Gasteiger partial charge on any atom is -0.454 e. The maximum absolute atomic E-state index is 13.1. The Kier molecular flexibility index (Phi) is 4.88. The average molecular weight is 457 g/mol. The Labute approximate surface area is 195 Å². The quantitative estimate of drug-likeness (QED) is 0.293. The molecule has 0 unspecified atom stereocenters. The van der Waals surface area contributed by atoms with Crippen LogP contribution >= 0.6 is 0 Å². The van der Waals surface area contributed by atoms with Crippen LogP contribution in [0.2, 0.25) is 0 Å².